The normalized spacial score (nSPS) is 12.4. The third-order valence-corrected chi connectivity index (χ3v) is 5.37. The molecule has 0 fully saturated rings. The number of amides is 1. The minimum Gasteiger partial charge on any atom is -0.350 e. The number of sulfonamides is 1. The maximum Gasteiger partial charge on any atom is 0.232 e. The van der Waals surface area contributed by atoms with Crippen molar-refractivity contribution >= 4 is 33.2 Å². The van der Waals surface area contributed by atoms with Crippen molar-refractivity contribution in [3.63, 3.8) is 0 Å². The summed E-state index contributed by atoms with van der Waals surface area (Å²) in [5.41, 5.74) is 1.52. The van der Waals surface area contributed by atoms with Gasteiger partial charge >= 0.3 is 0 Å². The molecule has 1 amide bonds. The molecule has 5 nitrogen and oxygen atoms in total. The van der Waals surface area contributed by atoms with Gasteiger partial charge in [0.05, 0.1) is 18.0 Å². The second-order valence-electron chi connectivity index (χ2n) is 6.12. The van der Waals surface area contributed by atoms with Crippen LogP contribution in [0, 0.1) is 0 Å². The summed E-state index contributed by atoms with van der Waals surface area (Å²) in [5.74, 6) is -0.110. The Labute approximate surface area is 160 Å². The molecule has 140 valence electrons. The Kier molecular flexibility index (Phi) is 7.06. The summed E-state index contributed by atoms with van der Waals surface area (Å²) in [6.07, 6.45) is 1.79. The Morgan fingerprint density at radius 3 is 2.46 bits per heavy atom. The fourth-order valence-electron chi connectivity index (χ4n) is 2.64. The number of hydrogen-bond donors (Lipinski definition) is 1. The lowest BCUT2D eigenvalue weighted by Gasteiger charge is -2.22. The first kappa shape index (κ1) is 20.3. The molecule has 2 aromatic carbocycles. The highest BCUT2D eigenvalue weighted by atomic mass is 35.5. The summed E-state index contributed by atoms with van der Waals surface area (Å²) < 4.78 is 25.4. The lowest BCUT2D eigenvalue weighted by molar-refractivity contribution is -0.121. The number of anilines is 1. The van der Waals surface area contributed by atoms with Crippen LogP contribution in [0.5, 0.6) is 0 Å². The van der Waals surface area contributed by atoms with E-state index in [0.717, 1.165) is 11.8 Å². The summed E-state index contributed by atoms with van der Waals surface area (Å²) in [6.45, 7) is 2.13. The van der Waals surface area contributed by atoms with Crippen molar-refractivity contribution in [1.29, 1.82) is 0 Å². The molecule has 0 aliphatic rings. The number of carbonyl (C=O) groups excluding carboxylic acids is 1. The number of nitrogens with one attached hydrogen (secondary N) is 1. The van der Waals surface area contributed by atoms with Crippen LogP contribution < -0.4 is 9.62 Å². The van der Waals surface area contributed by atoms with Gasteiger partial charge in [-0.15, -0.1) is 0 Å². The fourth-order valence-corrected chi connectivity index (χ4v) is 3.78. The average molecular weight is 395 g/mol. The Morgan fingerprint density at radius 1 is 1.15 bits per heavy atom. The Bertz CT molecular complexity index is 841. The van der Waals surface area contributed by atoms with Gasteiger partial charge in [0.15, 0.2) is 0 Å². The third kappa shape index (κ3) is 6.04. The van der Waals surface area contributed by atoms with E-state index in [9.17, 15) is 13.2 Å². The van der Waals surface area contributed by atoms with Crippen molar-refractivity contribution in [3.05, 3.63) is 65.2 Å². The molecule has 1 atom stereocenters. The molecule has 2 rings (SSSR count). The van der Waals surface area contributed by atoms with Crippen molar-refractivity contribution in [3.8, 4) is 0 Å². The van der Waals surface area contributed by atoms with E-state index in [-0.39, 0.29) is 24.9 Å². The molecule has 2 aromatic rings. The van der Waals surface area contributed by atoms with Gasteiger partial charge in [-0.2, -0.15) is 0 Å². The molecule has 1 N–H and O–H groups in total. The van der Waals surface area contributed by atoms with Gasteiger partial charge in [-0.1, -0.05) is 48.0 Å². The summed E-state index contributed by atoms with van der Waals surface area (Å²) in [6, 6.07) is 16.2. The highest BCUT2D eigenvalue weighted by molar-refractivity contribution is 7.92. The predicted octanol–water partition coefficient (Wildman–Crippen LogP) is 3.76. The molecule has 7 heteroatoms. The van der Waals surface area contributed by atoms with E-state index in [2.05, 4.69) is 5.32 Å². The summed E-state index contributed by atoms with van der Waals surface area (Å²) >= 11 is 5.95. The average Bonchev–Trinajstić information content (AvgIpc) is 2.58. The molecule has 0 spiro atoms. The van der Waals surface area contributed by atoms with E-state index in [1.165, 1.54) is 4.31 Å². The monoisotopic (exact) mass is 394 g/mol. The molecule has 0 unspecified atom stereocenters. The highest BCUT2D eigenvalue weighted by Gasteiger charge is 2.18. The third-order valence-electron chi connectivity index (χ3n) is 3.94. The van der Waals surface area contributed by atoms with Gasteiger partial charge in [0.2, 0.25) is 15.9 Å². The summed E-state index contributed by atoms with van der Waals surface area (Å²) in [7, 11) is -3.46. The van der Waals surface area contributed by atoms with Gasteiger partial charge < -0.3 is 5.32 Å². The van der Waals surface area contributed by atoms with E-state index in [4.69, 9.17) is 11.6 Å². The molecule has 0 saturated carbocycles. The molecular formula is C19H23ClN2O3S. The van der Waals surface area contributed by atoms with Crippen LogP contribution in [0.4, 0.5) is 5.69 Å². The number of hydrogen-bond acceptors (Lipinski definition) is 3. The van der Waals surface area contributed by atoms with Crippen molar-refractivity contribution in [1.82, 2.24) is 5.32 Å². The Balaban J connectivity index is 1.92. The van der Waals surface area contributed by atoms with Crippen LogP contribution in [-0.2, 0) is 14.8 Å². The van der Waals surface area contributed by atoms with E-state index in [0.29, 0.717) is 17.1 Å². The van der Waals surface area contributed by atoms with E-state index < -0.39 is 10.0 Å². The van der Waals surface area contributed by atoms with Gasteiger partial charge in [0.25, 0.3) is 0 Å². The van der Waals surface area contributed by atoms with Gasteiger partial charge in [-0.05, 0) is 37.1 Å². The SMILES string of the molecule is C[C@H](NC(=O)CCCN(c1cccc(Cl)c1)S(C)(=O)=O)c1ccccc1. The van der Waals surface area contributed by atoms with Crippen molar-refractivity contribution < 1.29 is 13.2 Å². The number of benzene rings is 2. The van der Waals surface area contributed by atoms with Crippen LogP contribution in [-0.4, -0.2) is 27.1 Å². The minimum absolute atomic E-state index is 0.0948. The zero-order valence-electron chi connectivity index (χ0n) is 14.9. The van der Waals surface area contributed by atoms with Crippen LogP contribution in [0.25, 0.3) is 0 Å². The van der Waals surface area contributed by atoms with Gasteiger partial charge in [-0.25, -0.2) is 8.42 Å². The first-order valence-corrected chi connectivity index (χ1v) is 10.6. The van der Waals surface area contributed by atoms with E-state index in [1.54, 1.807) is 24.3 Å². The largest absolute Gasteiger partial charge is 0.350 e. The molecule has 0 aromatic heterocycles. The van der Waals surface area contributed by atoms with E-state index in [1.807, 2.05) is 37.3 Å². The molecule has 0 aliphatic heterocycles. The van der Waals surface area contributed by atoms with Gasteiger partial charge in [0, 0.05) is 18.0 Å². The Morgan fingerprint density at radius 2 is 1.85 bits per heavy atom. The topological polar surface area (TPSA) is 66.5 Å². The van der Waals surface area contributed by atoms with E-state index >= 15 is 0 Å². The molecular weight excluding hydrogens is 372 g/mol. The van der Waals surface area contributed by atoms with Crippen LogP contribution in [0.2, 0.25) is 5.02 Å². The van der Waals surface area contributed by atoms with Crippen LogP contribution in [0.1, 0.15) is 31.4 Å². The molecule has 26 heavy (non-hydrogen) atoms. The van der Waals surface area contributed by atoms with Crippen LogP contribution >= 0.6 is 11.6 Å². The summed E-state index contributed by atoms with van der Waals surface area (Å²) in [5, 5.41) is 3.39. The predicted molar refractivity (Wildman–Crippen MR) is 106 cm³/mol. The minimum atomic E-state index is -3.46. The zero-order chi connectivity index (χ0) is 19.2. The number of carbonyl (C=O) groups is 1. The molecule has 0 bridgehead atoms. The first-order valence-electron chi connectivity index (χ1n) is 8.35. The molecule has 0 heterocycles. The maximum absolute atomic E-state index is 12.1. The molecule has 0 aliphatic carbocycles. The highest BCUT2D eigenvalue weighted by Crippen LogP contribution is 2.22. The second-order valence-corrected chi connectivity index (χ2v) is 8.46. The quantitative estimate of drug-likeness (QED) is 0.741. The molecule has 0 radical (unpaired) electrons. The fraction of sp³-hybridized carbons (Fsp3) is 0.316. The van der Waals surface area contributed by atoms with Crippen LogP contribution in [0.3, 0.4) is 0 Å². The first-order chi connectivity index (χ1) is 12.3. The lowest BCUT2D eigenvalue weighted by Crippen LogP contribution is -2.32. The van der Waals surface area contributed by atoms with Crippen molar-refractivity contribution in [2.75, 3.05) is 17.1 Å². The molecule has 0 saturated heterocycles. The maximum atomic E-state index is 12.1. The lowest BCUT2D eigenvalue weighted by atomic mass is 10.1. The number of halogens is 1. The van der Waals surface area contributed by atoms with Gasteiger partial charge in [-0.3, -0.25) is 9.10 Å². The smallest absolute Gasteiger partial charge is 0.232 e. The zero-order valence-corrected chi connectivity index (χ0v) is 16.4. The van der Waals surface area contributed by atoms with Crippen molar-refractivity contribution in [2.24, 2.45) is 0 Å². The number of nitrogens with zero attached hydrogens (tertiary/aromatic N) is 1. The number of rotatable bonds is 8. The standard InChI is InChI=1S/C19H23ClN2O3S/c1-15(16-8-4-3-5-9-16)21-19(23)12-7-13-22(26(2,24)25)18-11-6-10-17(20)14-18/h3-6,8-11,14-15H,7,12-13H2,1-2H3,(H,21,23)/t15-/m0/s1. The summed E-state index contributed by atoms with van der Waals surface area (Å²) in [4.78, 5) is 12.1. The van der Waals surface area contributed by atoms with Crippen LogP contribution in [0.15, 0.2) is 54.6 Å². The van der Waals surface area contributed by atoms with Crippen molar-refractivity contribution in [2.45, 2.75) is 25.8 Å². The second kappa shape index (κ2) is 9.05. The Hall–Kier alpha value is -2.05. The van der Waals surface area contributed by atoms with Gasteiger partial charge in [0.1, 0.15) is 0 Å².